The lowest BCUT2D eigenvalue weighted by atomic mass is 10.0. The number of rotatable bonds is 71. The van der Waals surface area contributed by atoms with Crippen molar-refractivity contribution in [3.05, 3.63) is 36.5 Å². The van der Waals surface area contributed by atoms with Gasteiger partial charge in [0.25, 0.3) is 0 Å². The fourth-order valence-corrected chi connectivity index (χ4v) is 12.5. The van der Waals surface area contributed by atoms with Gasteiger partial charge >= 0.3 is 7.82 Å². The normalized spacial score (nSPS) is 13.7. The van der Waals surface area contributed by atoms with E-state index in [9.17, 15) is 19.4 Å². The number of carbonyl (C=O) groups excluding carboxylic acids is 1. The van der Waals surface area contributed by atoms with Gasteiger partial charge in [0.15, 0.2) is 0 Å². The van der Waals surface area contributed by atoms with Gasteiger partial charge in [-0.25, -0.2) is 4.57 Å². The molecule has 0 saturated heterocycles. The summed E-state index contributed by atoms with van der Waals surface area (Å²) < 4.78 is 23.8. The summed E-state index contributed by atoms with van der Waals surface area (Å²) in [5, 5.41) is 14.0. The van der Waals surface area contributed by atoms with Crippen molar-refractivity contribution in [2.24, 2.45) is 0 Å². The van der Waals surface area contributed by atoms with Gasteiger partial charge in [-0.1, -0.05) is 378 Å². The van der Waals surface area contributed by atoms with Crippen LogP contribution in [0.15, 0.2) is 36.5 Å². The molecule has 0 aromatic carbocycles. The van der Waals surface area contributed by atoms with E-state index in [0.29, 0.717) is 17.4 Å². The van der Waals surface area contributed by atoms with Crippen LogP contribution in [0.2, 0.25) is 0 Å². The van der Waals surface area contributed by atoms with Crippen LogP contribution in [0.5, 0.6) is 0 Å². The maximum atomic E-state index is 13.1. The van der Waals surface area contributed by atoms with E-state index < -0.39 is 20.0 Å². The third-order valence-corrected chi connectivity index (χ3v) is 18.6. The molecule has 0 radical (unpaired) electrons. The Hall–Kier alpha value is -1.28. The van der Waals surface area contributed by atoms with Gasteiger partial charge < -0.3 is 19.8 Å². The van der Waals surface area contributed by atoms with Crippen LogP contribution in [-0.2, 0) is 18.4 Å². The van der Waals surface area contributed by atoms with Crippen LogP contribution in [0, 0.1) is 0 Å². The third kappa shape index (κ3) is 70.0. The minimum atomic E-state index is -4.37. The average molecular weight is 1220 g/mol. The van der Waals surface area contributed by atoms with Gasteiger partial charge in [0.1, 0.15) is 13.2 Å². The monoisotopic (exact) mass is 1220 g/mol. The zero-order valence-corrected chi connectivity index (χ0v) is 58.8. The predicted molar refractivity (Wildman–Crippen MR) is 374 cm³/mol. The highest BCUT2D eigenvalue weighted by Crippen LogP contribution is 2.43. The Bertz CT molecular complexity index is 1480. The summed E-state index contributed by atoms with van der Waals surface area (Å²) >= 11 is 0. The molecule has 3 unspecified atom stereocenters. The molecule has 0 saturated carbocycles. The first-order valence-corrected chi connectivity index (χ1v) is 39.4. The number of unbranched alkanes of at least 4 members (excludes halogenated alkanes) is 54. The number of phosphoric acid groups is 1. The number of hydrogen-bond donors (Lipinski definition) is 3. The van der Waals surface area contributed by atoms with Crippen LogP contribution in [0.1, 0.15) is 393 Å². The molecule has 0 aliphatic rings. The summed E-state index contributed by atoms with van der Waals surface area (Å²) in [5.74, 6) is -0.183. The van der Waals surface area contributed by atoms with Crippen molar-refractivity contribution in [3.8, 4) is 0 Å². The number of quaternary nitrogens is 1. The number of hydrogen-bond acceptors (Lipinski definition) is 5. The molecule has 1 amide bonds. The molecule has 0 aliphatic carbocycles. The second kappa shape index (κ2) is 67.1. The number of amides is 1. The molecule has 0 aromatic heterocycles. The molecule has 3 N–H and O–H groups in total. The molecule has 8 nitrogen and oxygen atoms in total. The summed E-state index contributed by atoms with van der Waals surface area (Å²) in [5.41, 5.74) is 0. The number of carbonyl (C=O) groups is 1. The van der Waals surface area contributed by atoms with E-state index in [1.165, 1.54) is 327 Å². The lowest BCUT2D eigenvalue weighted by molar-refractivity contribution is -0.870. The summed E-state index contributed by atoms with van der Waals surface area (Å²) in [4.78, 5) is 23.4. The maximum Gasteiger partial charge on any atom is 0.472 e. The molecule has 3 atom stereocenters. The van der Waals surface area contributed by atoms with E-state index in [1.807, 2.05) is 27.2 Å². The highest BCUT2D eigenvalue weighted by atomic mass is 31.2. The van der Waals surface area contributed by atoms with Gasteiger partial charge in [-0.2, -0.15) is 0 Å². The molecular weight excluding hydrogens is 1070 g/mol. The molecule has 85 heavy (non-hydrogen) atoms. The largest absolute Gasteiger partial charge is 0.472 e. The standard InChI is InChI=1S/C76H149N2O6P/c1-6-8-10-12-14-16-18-20-22-24-26-28-30-32-33-34-35-36-37-38-39-40-41-42-43-44-45-46-48-50-52-54-56-58-60-62-64-66-68-70-76(80)77-74(73-84-85(81,82)83-72-71-78(3,4)5)75(79)69-67-65-63-61-59-57-55-53-51-49-47-31-29-27-25-23-21-19-17-15-13-11-9-7-2/h51,53,59,61,67,69,74-75,79H,6-50,52,54-58,60,62-66,68,70-73H2,1-5H3,(H-,77,80,81,82)/p+1/b53-51+,61-59+,69-67+. The molecule has 9 heteroatoms. The number of nitrogens with zero attached hydrogens (tertiary/aromatic N) is 1. The summed E-state index contributed by atoms with van der Waals surface area (Å²) in [6.07, 6.45) is 90.6. The SMILES string of the molecule is CCCCCCCCCCCCCCCC/C=C/CC/C=C/CC/C=C/C(O)C(COP(=O)(O)OCC[N+](C)(C)C)NC(=O)CCCCCCCCCCCCCCCCCCCCCCCCCCCCCCCCCCCCCCCCC. The van der Waals surface area contributed by atoms with E-state index in [2.05, 4.69) is 43.5 Å². The molecule has 0 spiro atoms. The summed E-state index contributed by atoms with van der Waals surface area (Å²) in [6, 6.07) is -0.870. The van der Waals surface area contributed by atoms with Gasteiger partial charge in [-0.3, -0.25) is 13.8 Å². The van der Waals surface area contributed by atoms with Crippen molar-refractivity contribution < 1.29 is 32.9 Å². The Morgan fingerprint density at radius 1 is 0.388 bits per heavy atom. The molecule has 0 heterocycles. The van der Waals surface area contributed by atoms with E-state index in [0.717, 1.165) is 44.9 Å². The summed E-state index contributed by atoms with van der Waals surface area (Å²) in [7, 11) is 1.56. The molecule has 0 bridgehead atoms. The smallest absolute Gasteiger partial charge is 0.387 e. The first-order chi connectivity index (χ1) is 41.5. The average Bonchev–Trinajstić information content (AvgIpc) is 3.49. The van der Waals surface area contributed by atoms with Crippen molar-refractivity contribution in [1.82, 2.24) is 5.32 Å². The molecule has 0 fully saturated rings. The fourth-order valence-electron chi connectivity index (χ4n) is 11.7. The number of aliphatic hydroxyl groups excluding tert-OH is 1. The van der Waals surface area contributed by atoms with Crippen molar-refractivity contribution in [2.45, 2.75) is 405 Å². The van der Waals surface area contributed by atoms with Crippen LogP contribution in [-0.4, -0.2) is 73.4 Å². The van der Waals surface area contributed by atoms with E-state index in [4.69, 9.17) is 9.05 Å². The van der Waals surface area contributed by atoms with E-state index in [1.54, 1.807) is 6.08 Å². The van der Waals surface area contributed by atoms with Crippen molar-refractivity contribution in [2.75, 3.05) is 40.9 Å². The second-order valence-electron chi connectivity index (χ2n) is 27.4. The van der Waals surface area contributed by atoms with E-state index >= 15 is 0 Å². The van der Waals surface area contributed by atoms with Crippen molar-refractivity contribution in [3.63, 3.8) is 0 Å². The van der Waals surface area contributed by atoms with Gasteiger partial charge in [0.05, 0.1) is 39.9 Å². The molecule has 0 aliphatic heterocycles. The van der Waals surface area contributed by atoms with Crippen LogP contribution in [0.4, 0.5) is 0 Å². The zero-order chi connectivity index (χ0) is 61.9. The Morgan fingerprint density at radius 3 is 0.941 bits per heavy atom. The lowest BCUT2D eigenvalue weighted by Gasteiger charge is -2.25. The van der Waals surface area contributed by atoms with Gasteiger partial charge in [-0.15, -0.1) is 0 Å². The molecule has 0 rings (SSSR count). The Morgan fingerprint density at radius 2 is 0.647 bits per heavy atom. The number of likely N-dealkylation sites (N-methyl/N-ethyl adjacent to an activating group) is 1. The highest BCUT2D eigenvalue weighted by molar-refractivity contribution is 7.47. The number of allylic oxidation sites excluding steroid dienone is 5. The number of phosphoric ester groups is 1. The fraction of sp³-hybridized carbons (Fsp3) is 0.908. The van der Waals surface area contributed by atoms with Crippen LogP contribution < -0.4 is 5.32 Å². The predicted octanol–water partition coefficient (Wildman–Crippen LogP) is 24.4. The minimum Gasteiger partial charge on any atom is -0.387 e. The maximum absolute atomic E-state index is 13.1. The Labute approximate surface area is 531 Å². The zero-order valence-electron chi connectivity index (χ0n) is 57.9. The summed E-state index contributed by atoms with van der Waals surface area (Å²) in [6.45, 7) is 4.85. The minimum absolute atomic E-state index is 0.0554. The van der Waals surface area contributed by atoms with Crippen molar-refractivity contribution in [1.29, 1.82) is 0 Å². The molecular formula is C76H150N2O6P+. The lowest BCUT2D eigenvalue weighted by Crippen LogP contribution is -2.45. The van der Waals surface area contributed by atoms with Crippen LogP contribution in [0.3, 0.4) is 0 Å². The van der Waals surface area contributed by atoms with E-state index in [-0.39, 0.29) is 19.1 Å². The van der Waals surface area contributed by atoms with Gasteiger partial charge in [0.2, 0.25) is 5.91 Å². The number of aliphatic hydroxyl groups is 1. The highest BCUT2D eigenvalue weighted by Gasteiger charge is 2.28. The van der Waals surface area contributed by atoms with Crippen LogP contribution in [0.25, 0.3) is 0 Å². The van der Waals surface area contributed by atoms with Crippen molar-refractivity contribution >= 4 is 13.7 Å². The molecule has 504 valence electrons. The first-order valence-electron chi connectivity index (χ1n) is 37.9. The quantitative estimate of drug-likeness (QED) is 0.0243. The molecule has 0 aromatic rings. The van der Waals surface area contributed by atoms with Crippen LogP contribution >= 0.6 is 7.82 Å². The van der Waals surface area contributed by atoms with Gasteiger partial charge in [0, 0.05) is 6.42 Å². The topological polar surface area (TPSA) is 105 Å². The third-order valence-electron chi connectivity index (χ3n) is 17.6. The number of nitrogens with one attached hydrogen (secondary N) is 1. The second-order valence-corrected chi connectivity index (χ2v) is 28.8. The van der Waals surface area contributed by atoms with Gasteiger partial charge in [-0.05, 0) is 44.9 Å². The first kappa shape index (κ1) is 83.7. The Balaban J connectivity index is 3.96. The Kier molecular flexibility index (Phi) is 66.1.